The van der Waals surface area contributed by atoms with Gasteiger partial charge in [0.1, 0.15) is 16.0 Å². The fraction of sp³-hybridized carbons (Fsp3) is 0.417. The third kappa shape index (κ3) is 3.06. The van der Waals surface area contributed by atoms with Crippen LogP contribution < -0.4 is 4.72 Å². The maximum atomic E-state index is 12.3. The smallest absolute Gasteiger partial charge is 0.322 e. The van der Waals surface area contributed by atoms with Crippen molar-refractivity contribution in [2.75, 3.05) is 0 Å². The monoisotopic (exact) mass is 346 g/mol. The van der Waals surface area contributed by atoms with E-state index in [1.54, 1.807) is 20.8 Å². The summed E-state index contributed by atoms with van der Waals surface area (Å²) in [6, 6.07) is -1.23. The second kappa shape index (κ2) is 5.82. The van der Waals surface area contributed by atoms with Gasteiger partial charge in [0.2, 0.25) is 10.0 Å². The summed E-state index contributed by atoms with van der Waals surface area (Å²) in [5, 5.41) is 13.5. The van der Waals surface area contributed by atoms with E-state index in [0.29, 0.717) is 16.4 Å². The molecule has 0 aliphatic carbocycles. The zero-order chi connectivity index (χ0) is 16.7. The van der Waals surface area contributed by atoms with Gasteiger partial charge in [0.05, 0.1) is 18.1 Å². The van der Waals surface area contributed by atoms with Crippen LogP contribution in [0.25, 0.3) is 5.65 Å². The third-order valence-corrected chi connectivity index (χ3v) is 4.92. The Morgan fingerprint density at radius 1 is 1.45 bits per heavy atom. The molecule has 10 heteroatoms. The highest BCUT2D eigenvalue weighted by molar-refractivity contribution is 7.89. The van der Waals surface area contributed by atoms with E-state index < -0.39 is 28.0 Å². The summed E-state index contributed by atoms with van der Waals surface area (Å²) >= 11 is 5.99. The van der Waals surface area contributed by atoms with Crippen molar-refractivity contribution in [3.63, 3.8) is 0 Å². The molecule has 0 amide bonds. The lowest BCUT2D eigenvalue weighted by Crippen LogP contribution is -2.44. The summed E-state index contributed by atoms with van der Waals surface area (Å²) in [4.78, 5) is 14.9. The molecule has 2 rings (SSSR count). The van der Waals surface area contributed by atoms with Gasteiger partial charge >= 0.3 is 5.97 Å². The second-order valence-corrected chi connectivity index (χ2v) is 7.23. The maximum absolute atomic E-state index is 12.3. The van der Waals surface area contributed by atoms with E-state index in [4.69, 9.17) is 16.7 Å². The number of sulfonamides is 1. The molecule has 2 aromatic heterocycles. The van der Waals surface area contributed by atoms with E-state index in [9.17, 15) is 13.2 Å². The van der Waals surface area contributed by atoms with Crippen molar-refractivity contribution in [3.05, 3.63) is 23.1 Å². The van der Waals surface area contributed by atoms with Crippen molar-refractivity contribution in [1.82, 2.24) is 19.3 Å². The Balaban J connectivity index is 2.43. The number of carbonyl (C=O) groups is 1. The molecule has 0 aliphatic heterocycles. The molecular formula is C12H15ClN4O4S. The van der Waals surface area contributed by atoms with E-state index in [1.807, 2.05) is 0 Å². The summed E-state index contributed by atoms with van der Waals surface area (Å²) in [5.41, 5.74) is 0.846. The van der Waals surface area contributed by atoms with Crippen LogP contribution in [0.3, 0.4) is 0 Å². The first kappa shape index (κ1) is 16.7. The molecular weight excluding hydrogens is 332 g/mol. The van der Waals surface area contributed by atoms with Gasteiger partial charge in [0.25, 0.3) is 0 Å². The molecule has 0 radical (unpaired) electrons. The molecule has 0 saturated heterocycles. The molecule has 8 nitrogen and oxygen atoms in total. The fourth-order valence-electron chi connectivity index (χ4n) is 1.85. The zero-order valence-corrected chi connectivity index (χ0v) is 13.7. The van der Waals surface area contributed by atoms with Crippen molar-refractivity contribution in [2.45, 2.75) is 31.7 Å². The number of aryl methyl sites for hydroxylation is 1. The third-order valence-electron chi connectivity index (χ3n) is 3.08. The maximum Gasteiger partial charge on any atom is 0.322 e. The van der Waals surface area contributed by atoms with Crippen LogP contribution in [0.2, 0.25) is 5.02 Å². The molecule has 22 heavy (non-hydrogen) atoms. The van der Waals surface area contributed by atoms with Crippen molar-refractivity contribution in [3.8, 4) is 0 Å². The highest BCUT2D eigenvalue weighted by Crippen LogP contribution is 2.20. The van der Waals surface area contributed by atoms with E-state index in [-0.39, 0.29) is 4.90 Å². The van der Waals surface area contributed by atoms with Gasteiger partial charge in [0, 0.05) is 0 Å². The number of aliphatic carboxylic acids is 1. The van der Waals surface area contributed by atoms with Gasteiger partial charge in [-0.1, -0.05) is 25.4 Å². The number of halogens is 1. The van der Waals surface area contributed by atoms with Crippen molar-refractivity contribution < 1.29 is 18.3 Å². The SMILES string of the molecule is Cc1nn2cc(S(=O)(=O)NC(C(=O)O)C(C)C)cnc2c1Cl. The van der Waals surface area contributed by atoms with Crippen molar-refractivity contribution in [2.24, 2.45) is 5.92 Å². The molecule has 2 aromatic rings. The minimum Gasteiger partial charge on any atom is -0.480 e. The van der Waals surface area contributed by atoms with Gasteiger partial charge in [-0.2, -0.15) is 9.82 Å². The lowest BCUT2D eigenvalue weighted by molar-refractivity contribution is -0.140. The molecule has 0 aliphatic rings. The number of nitrogens with one attached hydrogen (secondary N) is 1. The lowest BCUT2D eigenvalue weighted by atomic mass is 10.1. The fourth-order valence-corrected chi connectivity index (χ4v) is 3.29. The molecule has 0 spiro atoms. The van der Waals surface area contributed by atoms with Gasteiger partial charge in [-0.25, -0.2) is 17.9 Å². The van der Waals surface area contributed by atoms with Gasteiger partial charge in [-0.3, -0.25) is 4.79 Å². The summed E-state index contributed by atoms with van der Waals surface area (Å²) in [6.45, 7) is 4.89. The van der Waals surface area contributed by atoms with E-state index in [1.165, 1.54) is 10.7 Å². The summed E-state index contributed by atoms with van der Waals surface area (Å²) < 4.78 is 28.0. The molecule has 0 saturated carbocycles. The first-order valence-corrected chi connectivity index (χ1v) is 8.25. The van der Waals surface area contributed by atoms with Crippen LogP contribution in [0.4, 0.5) is 0 Å². The number of rotatable bonds is 5. The van der Waals surface area contributed by atoms with Crippen LogP contribution in [-0.2, 0) is 14.8 Å². The Kier molecular flexibility index (Phi) is 4.41. The lowest BCUT2D eigenvalue weighted by Gasteiger charge is -2.17. The Bertz CT molecular complexity index is 831. The van der Waals surface area contributed by atoms with Crippen LogP contribution in [0.5, 0.6) is 0 Å². The zero-order valence-electron chi connectivity index (χ0n) is 12.1. The van der Waals surface area contributed by atoms with Gasteiger partial charge in [-0.15, -0.1) is 0 Å². The molecule has 2 heterocycles. The highest BCUT2D eigenvalue weighted by atomic mass is 35.5. The molecule has 2 N–H and O–H groups in total. The summed E-state index contributed by atoms with van der Waals surface area (Å²) in [7, 11) is -4.04. The Hall–Kier alpha value is -1.71. The van der Waals surface area contributed by atoms with Gasteiger partial charge in [-0.05, 0) is 12.8 Å². The second-order valence-electron chi connectivity index (χ2n) is 5.14. The predicted molar refractivity (Wildman–Crippen MR) is 79.3 cm³/mol. The average molecular weight is 347 g/mol. The first-order valence-electron chi connectivity index (χ1n) is 6.39. The number of nitrogens with zero attached hydrogens (tertiary/aromatic N) is 3. The van der Waals surface area contributed by atoms with E-state index in [2.05, 4.69) is 14.8 Å². The van der Waals surface area contributed by atoms with Crippen molar-refractivity contribution >= 4 is 33.2 Å². The van der Waals surface area contributed by atoms with Crippen LogP contribution in [-0.4, -0.2) is 40.1 Å². The Morgan fingerprint density at radius 2 is 2.09 bits per heavy atom. The Labute approximate surface area is 132 Å². The number of carboxylic acid groups (broad SMARTS) is 1. The molecule has 1 atom stereocenters. The molecule has 0 fully saturated rings. The number of hydrogen-bond donors (Lipinski definition) is 2. The van der Waals surface area contributed by atoms with Crippen molar-refractivity contribution in [1.29, 1.82) is 0 Å². The number of hydrogen-bond acceptors (Lipinski definition) is 5. The Morgan fingerprint density at radius 3 is 2.64 bits per heavy atom. The van der Waals surface area contributed by atoms with Crippen LogP contribution in [0.1, 0.15) is 19.5 Å². The largest absolute Gasteiger partial charge is 0.480 e. The van der Waals surface area contributed by atoms with Crippen LogP contribution >= 0.6 is 11.6 Å². The summed E-state index contributed by atoms with van der Waals surface area (Å²) in [5.74, 6) is -1.66. The highest BCUT2D eigenvalue weighted by Gasteiger charge is 2.28. The number of carboxylic acids is 1. The van der Waals surface area contributed by atoms with E-state index >= 15 is 0 Å². The van der Waals surface area contributed by atoms with Crippen LogP contribution in [0.15, 0.2) is 17.3 Å². The molecule has 0 aromatic carbocycles. The summed E-state index contributed by atoms with van der Waals surface area (Å²) in [6.07, 6.45) is 2.35. The molecule has 0 bridgehead atoms. The quantitative estimate of drug-likeness (QED) is 0.837. The first-order chi connectivity index (χ1) is 10.1. The molecule has 120 valence electrons. The molecule has 1 unspecified atom stereocenters. The predicted octanol–water partition coefficient (Wildman–Crippen LogP) is 1.08. The van der Waals surface area contributed by atoms with Gasteiger partial charge < -0.3 is 5.11 Å². The average Bonchev–Trinajstić information content (AvgIpc) is 2.70. The van der Waals surface area contributed by atoms with Crippen LogP contribution in [0, 0.1) is 12.8 Å². The van der Waals surface area contributed by atoms with Gasteiger partial charge in [0.15, 0.2) is 5.65 Å². The number of fused-ring (bicyclic) bond motifs is 1. The van der Waals surface area contributed by atoms with E-state index in [0.717, 1.165) is 6.20 Å². The number of aromatic nitrogens is 3. The topological polar surface area (TPSA) is 114 Å². The minimum absolute atomic E-state index is 0.189. The minimum atomic E-state index is -4.04. The normalized spacial score (nSPS) is 13.7. The standard InChI is InChI=1S/C12H15ClN4O4S/c1-6(2)10(12(18)19)16-22(20,21)8-4-14-11-9(13)7(3)15-17(11)5-8/h4-6,10,16H,1-3H3,(H,18,19).